The van der Waals surface area contributed by atoms with Crippen LogP contribution in [0.4, 0.5) is 0 Å². The Kier molecular flexibility index (Phi) is 4.35. The molecule has 2 unspecified atom stereocenters. The SMILES string of the molecule is CC(C)C1CCN(C2(CN)CSCCC2(C)C)C1. The molecule has 2 heterocycles. The standard InChI is InChI=1S/C15H30N2S/c1-12(2)13-5-7-17(9-13)15(10-16)11-18-8-6-14(15,3)4/h12-13H,5-11,16H2,1-4H3. The Morgan fingerprint density at radius 3 is 2.61 bits per heavy atom. The molecule has 2 N–H and O–H groups in total. The van der Waals surface area contributed by atoms with E-state index in [-0.39, 0.29) is 5.54 Å². The maximum atomic E-state index is 6.26. The van der Waals surface area contributed by atoms with Crippen LogP contribution in [0.15, 0.2) is 0 Å². The highest BCUT2D eigenvalue weighted by Crippen LogP contribution is 2.47. The second-order valence-corrected chi connectivity index (χ2v) is 8.27. The summed E-state index contributed by atoms with van der Waals surface area (Å²) in [5.41, 5.74) is 6.86. The minimum absolute atomic E-state index is 0.236. The van der Waals surface area contributed by atoms with Crippen molar-refractivity contribution >= 4 is 11.8 Å². The number of rotatable bonds is 3. The van der Waals surface area contributed by atoms with Crippen molar-refractivity contribution in [3.63, 3.8) is 0 Å². The van der Waals surface area contributed by atoms with Crippen LogP contribution in [-0.2, 0) is 0 Å². The molecule has 2 fully saturated rings. The van der Waals surface area contributed by atoms with Gasteiger partial charge in [0.1, 0.15) is 0 Å². The fourth-order valence-electron chi connectivity index (χ4n) is 3.70. The monoisotopic (exact) mass is 270 g/mol. The number of nitrogens with zero attached hydrogens (tertiary/aromatic N) is 1. The molecule has 2 aliphatic rings. The van der Waals surface area contributed by atoms with Crippen molar-refractivity contribution in [3.8, 4) is 0 Å². The molecule has 3 heteroatoms. The molecule has 0 aliphatic carbocycles. The van der Waals surface area contributed by atoms with Gasteiger partial charge in [-0.2, -0.15) is 11.8 Å². The highest BCUT2D eigenvalue weighted by molar-refractivity contribution is 7.99. The van der Waals surface area contributed by atoms with E-state index in [9.17, 15) is 0 Å². The molecule has 0 aromatic rings. The molecule has 0 aromatic carbocycles. The molecule has 2 aliphatic heterocycles. The first-order chi connectivity index (χ1) is 8.43. The number of thioether (sulfide) groups is 1. The van der Waals surface area contributed by atoms with E-state index in [0.29, 0.717) is 5.41 Å². The lowest BCUT2D eigenvalue weighted by Crippen LogP contribution is -2.65. The van der Waals surface area contributed by atoms with E-state index in [2.05, 4.69) is 44.4 Å². The van der Waals surface area contributed by atoms with E-state index < -0.39 is 0 Å². The highest BCUT2D eigenvalue weighted by Gasteiger charge is 2.51. The molecule has 0 radical (unpaired) electrons. The first kappa shape index (κ1) is 14.7. The molecule has 2 rings (SSSR count). The summed E-state index contributed by atoms with van der Waals surface area (Å²) in [7, 11) is 0. The zero-order valence-electron chi connectivity index (χ0n) is 12.5. The van der Waals surface area contributed by atoms with Gasteiger partial charge in [0.25, 0.3) is 0 Å². The molecule has 18 heavy (non-hydrogen) atoms. The second kappa shape index (κ2) is 5.34. The van der Waals surface area contributed by atoms with E-state index >= 15 is 0 Å². The van der Waals surface area contributed by atoms with E-state index in [1.165, 1.54) is 37.4 Å². The van der Waals surface area contributed by atoms with Crippen molar-refractivity contribution in [3.05, 3.63) is 0 Å². The van der Waals surface area contributed by atoms with Gasteiger partial charge in [-0.1, -0.05) is 27.7 Å². The summed E-state index contributed by atoms with van der Waals surface area (Å²) in [6, 6.07) is 0. The lowest BCUT2D eigenvalue weighted by atomic mass is 9.69. The molecule has 2 nitrogen and oxygen atoms in total. The number of nitrogens with two attached hydrogens (primary N) is 1. The van der Waals surface area contributed by atoms with Crippen molar-refractivity contribution < 1.29 is 0 Å². The van der Waals surface area contributed by atoms with Crippen LogP contribution < -0.4 is 5.73 Å². The minimum Gasteiger partial charge on any atom is -0.329 e. The summed E-state index contributed by atoms with van der Waals surface area (Å²) in [6.45, 7) is 12.9. The van der Waals surface area contributed by atoms with Crippen LogP contribution >= 0.6 is 11.8 Å². The molecule has 0 bridgehead atoms. The third-order valence-corrected chi connectivity index (χ3v) is 6.76. The van der Waals surface area contributed by atoms with Gasteiger partial charge in [-0.3, -0.25) is 4.90 Å². The summed E-state index contributed by atoms with van der Waals surface area (Å²) in [6.07, 6.45) is 2.66. The summed E-state index contributed by atoms with van der Waals surface area (Å²) in [5.74, 6) is 4.21. The van der Waals surface area contributed by atoms with Gasteiger partial charge in [0, 0.05) is 24.4 Å². The molecule has 2 atom stereocenters. The van der Waals surface area contributed by atoms with Crippen LogP contribution in [0.25, 0.3) is 0 Å². The molecular formula is C15H30N2S. The van der Waals surface area contributed by atoms with Gasteiger partial charge >= 0.3 is 0 Å². The Morgan fingerprint density at radius 2 is 2.11 bits per heavy atom. The van der Waals surface area contributed by atoms with E-state index in [1.807, 2.05) is 0 Å². The maximum Gasteiger partial charge on any atom is 0.0473 e. The molecule has 2 saturated heterocycles. The van der Waals surface area contributed by atoms with Crippen molar-refractivity contribution in [1.82, 2.24) is 4.90 Å². The first-order valence-corrected chi connectivity index (χ1v) is 8.61. The third-order valence-electron chi connectivity index (χ3n) is 5.58. The number of hydrogen-bond donors (Lipinski definition) is 1. The Hall–Kier alpha value is 0.270. The molecule has 0 amide bonds. The van der Waals surface area contributed by atoms with Gasteiger partial charge in [0.2, 0.25) is 0 Å². The quantitative estimate of drug-likeness (QED) is 0.855. The molecular weight excluding hydrogens is 240 g/mol. The lowest BCUT2D eigenvalue weighted by Gasteiger charge is -2.54. The lowest BCUT2D eigenvalue weighted by molar-refractivity contribution is 0.0145. The van der Waals surface area contributed by atoms with Gasteiger partial charge in [-0.15, -0.1) is 0 Å². The molecule has 0 aromatic heterocycles. The van der Waals surface area contributed by atoms with Gasteiger partial charge in [0.05, 0.1) is 0 Å². The number of hydrogen-bond acceptors (Lipinski definition) is 3. The summed E-state index contributed by atoms with van der Waals surface area (Å²) in [5, 5.41) is 0. The van der Waals surface area contributed by atoms with Gasteiger partial charge < -0.3 is 5.73 Å². The van der Waals surface area contributed by atoms with Crippen LogP contribution in [0, 0.1) is 17.3 Å². The predicted octanol–water partition coefficient (Wildman–Crippen LogP) is 2.82. The van der Waals surface area contributed by atoms with Crippen LogP contribution in [0.2, 0.25) is 0 Å². The van der Waals surface area contributed by atoms with Crippen LogP contribution in [0.3, 0.4) is 0 Å². The predicted molar refractivity (Wildman–Crippen MR) is 82.0 cm³/mol. The molecule has 106 valence electrons. The fourth-order valence-corrected chi connectivity index (χ4v) is 5.53. The van der Waals surface area contributed by atoms with Crippen LogP contribution in [0.1, 0.15) is 40.5 Å². The summed E-state index contributed by atoms with van der Waals surface area (Å²) < 4.78 is 0. The molecule has 0 saturated carbocycles. The van der Waals surface area contributed by atoms with Crippen molar-refractivity contribution in [1.29, 1.82) is 0 Å². The normalized spacial score (nSPS) is 37.3. The topological polar surface area (TPSA) is 29.3 Å². The smallest absolute Gasteiger partial charge is 0.0473 e. The van der Waals surface area contributed by atoms with Crippen molar-refractivity contribution in [2.24, 2.45) is 23.0 Å². The third kappa shape index (κ3) is 2.34. The van der Waals surface area contributed by atoms with E-state index in [0.717, 1.165) is 18.4 Å². The highest BCUT2D eigenvalue weighted by atomic mass is 32.2. The van der Waals surface area contributed by atoms with Gasteiger partial charge in [0.15, 0.2) is 0 Å². The maximum absolute atomic E-state index is 6.26. The Balaban J connectivity index is 2.17. The molecule has 0 spiro atoms. The first-order valence-electron chi connectivity index (χ1n) is 7.46. The zero-order valence-corrected chi connectivity index (χ0v) is 13.4. The summed E-state index contributed by atoms with van der Waals surface area (Å²) >= 11 is 2.10. The van der Waals surface area contributed by atoms with E-state index in [4.69, 9.17) is 5.73 Å². The Bertz CT molecular complexity index is 290. The Morgan fingerprint density at radius 1 is 1.39 bits per heavy atom. The van der Waals surface area contributed by atoms with Gasteiger partial charge in [-0.05, 0) is 42.4 Å². The average Bonchev–Trinajstić information content (AvgIpc) is 2.79. The Labute approximate surface area is 117 Å². The fraction of sp³-hybridized carbons (Fsp3) is 1.00. The summed E-state index contributed by atoms with van der Waals surface area (Å²) in [4.78, 5) is 2.74. The average molecular weight is 270 g/mol. The van der Waals surface area contributed by atoms with Crippen LogP contribution in [0.5, 0.6) is 0 Å². The van der Waals surface area contributed by atoms with Crippen molar-refractivity contribution in [2.75, 3.05) is 31.1 Å². The van der Waals surface area contributed by atoms with Crippen molar-refractivity contribution in [2.45, 2.75) is 46.1 Å². The van der Waals surface area contributed by atoms with Gasteiger partial charge in [-0.25, -0.2) is 0 Å². The second-order valence-electron chi connectivity index (χ2n) is 7.16. The number of likely N-dealkylation sites (tertiary alicyclic amines) is 1. The minimum atomic E-state index is 0.236. The largest absolute Gasteiger partial charge is 0.329 e. The van der Waals surface area contributed by atoms with Crippen LogP contribution in [-0.4, -0.2) is 41.6 Å². The van der Waals surface area contributed by atoms with E-state index in [1.54, 1.807) is 0 Å². The zero-order chi connectivity index (χ0) is 13.4.